The molecular weight excluding hydrogens is 234 g/mol. The third-order valence-electron chi connectivity index (χ3n) is 3.57. The molecule has 98 valence electrons. The third-order valence-corrected chi connectivity index (χ3v) is 3.57. The van der Waals surface area contributed by atoms with E-state index in [0.29, 0.717) is 25.5 Å². The zero-order chi connectivity index (χ0) is 12.6. The van der Waals surface area contributed by atoms with E-state index in [1.807, 2.05) is 6.92 Å². The average molecular weight is 251 g/mol. The van der Waals surface area contributed by atoms with E-state index in [9.17, 15) is 4.79 Å². The van der Waals surface area contributed by atoms with Gasteiger partial charge in [0.15, 0.2) is 11.5 Å². The number of hydrogen-bond acceptors (Lipinski definition) is 4. The number of furan rings is 1. The van der Waals surface area contributed by atoms with Gasteiger partial charge in [0.2, 0.25) is 0 Å². The first-order chi connectivity index (χ1) is 8.70. The molecule has 5 nitrogen and oxygen atoms in total. The Labute approximate surface area is 106 Å². The standard InChI is InChI=1S/C13H17NO4/c1-10-3-6-16-11(10)12(15)14-5-2-4-13(9-14)17-7-8-18-13/h3,6H,2,4-5,7-9H2,1H3. The second kappa shape index (κ2) is 4.40. The molecule has 0 aromatic carbocycles. The van der Waals surface area contributed by atoms with E-state index in [-0.39, 0.29) is 5.91 Å². The van der Waals surface area contributed by atoms with Gasteiger partial charge in [0.05, 0.1) is 26.0 Å². The largest absolute Gasteiger partial charge is 0.459 e. The normalized spacial score (nSPS) is 22.6. The van der Waals surface area contributed by atoms with Gasteiger partial charge in [-0.2, -0.15) is 0 Å². The molecule has 2 saturated heterocycles. The van der Waals surface area contributed by atoms with Crippen molar-refractivity contribution in [2.24, 2.45) is 0 Å². The van der Waals surface area contributed by atoms with Gasteiger partial charge in [0.25, 0.3) is 5.91 Å². The summed E-state index contributed by atoms with van der Waals surface area (Å²) in [4.78, 5) is 14.1. The molecule has 2 aliphatic heterocycles. The van der Waals surface area contributed by atoms with Crippen LogP contribution in [-0.2, 0) is 9.47 Å². The van der Waals surface area contributed by atoms with Crippen molar-refractivity contribution >= 4 is 5.91 Å². The smallest absolute Gasteiger partial charge is 0.290 e. The molecule has 18 heavy (non-hydrogen) atoms. The number of carbonyl (C=O) groups is 1. The summed E-state index contributed by atoms with van der Waals surface area (Å²) in [5, 5.41) is 0. The first kappa shape index (κ1) is 11.7. The highest BCUT2D eigenvalue weighted by Gasteiger charge is 2.42. The van der Waals surface area contributed by atoms with E-state index in [4.69, 9.17) is 13.9 Å². The van der Waals surface area contributed by atoms with E-state index in [0.717, 1.165) is 24.9 Å². The summed E-state index contributed by atoms with van der Waals surface area (Å²) >= 11 is 0. The van der Waals surface area contributed by atoms with Gasteiger partial charge in [-0.15, -0.1) is 0 Å². The van der Waals surface area contributed by atoms with Crippen LogP contribution >= 0.6 is 0 Å². The van der Waals surface area contributed by atoms with Crippen LogP contribution in [0.3, 0.4) is 0 Å². The van der Waals surface area contributed by atoms with E-state index >= 15 is 0 Å². The van der Waals surface area contributed by atoms with Crippen LogP contribution in [-0.4, -0.2) is 42.9 Å². The molecule has 0 bridgehead atoms. The number of likely N-dealkylation sites (tertiary alicyclic amines) is 1. The summed E-state index contributed by atoms with van der Waals surface area (Å²) < 4.78 is 16.6. The molecule has 0 atom stereocenters. The molecule has 1 aromatic rings. The first-order valence-corrected chi connectivity index (χ1v) is 6.31. The lowest BCUT2D eigenvalue weighted by atomic mass is 10.0. The van der Waals surface area contributed by atoms with E-state index in [1.165, 1.54) is 0 Å². The summed E-state index contributed by atoms with van der Waals surface area (Å²) in [6.45, 7) is 4.32. The monoisotopic (exact) mass is 251 g/mol. The topological polar surface area (TPSA) is 51.9 Å². The average Bonchev–Trinajstić information content (AvgIpc) is 2.98. The quantitative estimate of drug-likeness (QED) is 0.760. The molecular formula is C13H17NO4. The third kappa shape index (κ3) is 1.93. The Kier molecular flexibility index (Phi) is 2.87. The Hall–Kier alpha value is -1.33. The Morgan fingerprint density at radius 2 is 2.17 bits per heavy atom. The second-order valence-corrected chi connectivity index (χ2v) is 4.87. The molecule has 1 amide bonds. The highest BCUT2D eigenvalue weighted by Crippen LogP contribution is 2.31. The zero-order valence-electron chi connectivity index (χ0n) is 10.5. The van der Waals surface area contributed by atoms with Crippen molar-refractivity contribution in [3.8, 4) is 0 Å². The molecule has 0 unspecified atom stereocenters. The molecule has 5 heteroatoms. The SMILES string of the molecule is Cc1ccoc1C(=O)N1CCCC2(C1)OCCO2. The van der Waals surface area contributed by atoms with Gasteiger partial charge in [0.1, 0.15) is 0 Å². The molecule has 2 aliphatic rings. The molecule has 3 rings (SSSR count). The summed E-state index contributed by atoms with van der Waals surface area (Å²) in [6, 6.07) is 1.80. The predicted molar refractivity (Wildman–Crippen MR) is 63.2 cm³/mol. The van der Waals surface area contributed by atoms with Crippen molar-refractivity contribution in [2.45, 2.75) is 25.6 Å². The number of aryl methyl sites for hydroxylation is 1. The van der Waals surface area contributed by atoms with E-state index < -0.39 is 5.79 Å². The lowest BCUT2D eigenvalue weighted by Crippen LogP contribution is -2.51. The zero-order valence-corrected chi connectivity index (χ0v) is 10.5. The lowest BCUT2D eigenvalue weighted by Gasteiger charge is -2.38. The number of ether oxygens (including phenoxy) is 2. The number of nitrogens with zero attached hydrogens (tertiary/aromatic N) is 1. The molecule has 0 N–H and O–H groups in total. The van der Waals surface area contributed by atoms with E-state index in [1.54, 1.807) is 17.2 Å². The maximum absolute atomic E-state index is 12.3. The fourth-order valence-electron chi connectivity index (χ4n) is 2.63. The summed E-state index contributed by atoms with van der Waals surface area (Å²) in [7, 11) is 0. The molecule has 3 heterocycles. The number of carbonyl (C=O) groups excluding carboxylic acids is 1. The Balaban J connectivity index is 1.76. The highest BCUT2D eigenvalue weighted by atomic mass is 16.7. The maximum Gasteiger partial charge on any atom is 0.290 e. The molecule has 2 fully saturated rings. The van der Waals surface area contributed by atoms with Crippen LogP contribution in [0.15, 0.2) is 16.7 Å². The summed E-state index contributed by atoms with van der Waals surface area (Å²) in [6.07, 6.45) is 3.30. The molecule has 0 radical (unpaired) electrons. The Bertz CT molecular complexity index is 448. The maximum atomic E-state index is 12.3. The van der Waals surface area contributed by atoms with Gasteiger partial charge >= 0.3 is 0 Å². The minimum absolute atomic E-state index is 0.0734. The van der Waals surface area contributed by atoms with E-state index in [2.05, 4.69) is 0 Å². The van der Waals surface area contributed by atoms with Gasteiger partial charge in [0, 0.05) is 18.5 Å². The number of hydrogen-bond donors (Lipinski definition) is 0. The van der Waals surface area contributed by atoms with Gasteiger partial charge in [-0.3, -0.25) is 4.79 Å². The van der Waals surface area contributed by atoms with Crippen LogP contribution in [0.4, 0.5) is 0 Å². The number of rotatable bonds is 1. The molecule has 0 aliphatic carbocycles. The second-order valence-electron chi connectivity index (χ2n) is 4.87. The predicted octanol–water partition coefficient (Wildman–Crippen LogP) is 1.57. The van der Waals surface area contributed by atoms with Gasteiger partial charge in [-0.05, 0) is 19.4 Å². The number of amides is 1. The lowest BCUT2D eigenvalue weighted by molar-refractivity contribution is -0.183. The van der Waals surface area contributed by atoms with Crippen molar-refractivity contribution in [1.82, 2.24) is 4.90 Å². The van der Waals surface area contributed by atoms with Crippen LogP contribution in [0.25, 0.3) is 0 Å². The van der Waals surface area contributed by atoms with Crippen molar-refractivity contribution in [1.29, 1.82) is 0 Å². The Morgan fingerprint density at radius 1 is 1.39 bits per heavy atom. The van der Waals surface area contributed by atoms with Crippen molar-refractivity contribution < 1.29 is 18.7 Å². The minimum Gasteiger partial charge on any atom is -0.459 e. The van der Waals surface area contributed by atoms with Gasteiger partial charge in [-0.25, -0.2) is 0 Å². The first-order valence-electron chi connectivity index (χ1n) is 6.31. The number of piperidine rings is 1. The van der Waals surface area contributed by atoms with Crippen LogP contribution in [0, 0.1) is 6.92 Å². The highest BCUT2D eigenvalue weighted by molar-refractivity contribution is 5.92. The Morgan fingerprint density at radius 3 is 2.83 bits per heavy atom. The van der Waals surface area contributed by atoms with Crippen LogP contribution in [0.5, 0.6) is 0 Å². The summed E-state index contributed by atoms with van der Waals surface area (Å²) in [5.41, 5.74) is 0.868. The van der Waals surface area contributed by atoms with Gasteiger partial charge < -0.3 is 18.8 Å². The van der Waals surface area contributed by atoms with Crippen molar-refractivity contribution in [2.75, 3.05) is 26.3 Å². The molecule has 1 spiro atoms. The fraction of sp³-hybridized carbons (Fsp3) is 0.615. The van der Waals surface area contributed by atoms with Gasteiger partial charge in [-0.1, -0.05) is 0 Å². The van der Waals surface area contributed by atoms with Crippen molar-refractivity contribution in [3.05, 3.63) is 23.7 Å². The van der Waals surface area contributed by atoms with Crippen molar-refractivity contribution in [3.63, 3.8) is 0 Å². The van der Waals surface area contributed by atoms with Crippen LogP contribution in [0.1, 0.15) is 29.0 Å². The molecule has 1 aromatic heterocycles. The van der Waals surface area contributed by atoms with Crippen LogP contribution in [0.2, 0.25) is 0 Å². The molecule has 0 saturated carbocycles. The minimum atomic E-state index is -0.575. The fourth-order valence-corrected chi connectivity index (χ4v) is 2.63. The van der Waals surface area contributed by atoms with Crippen LogP contribution < -0.4 is 0 Å². The summed E-state index contributed by atoms with van der Waals surface area (Å²) in [5.74, 6) is -0.227.